The standard InChI is InChI=1S/C30H32FN3O4S/c1-5-19-9-13-22(14-10-19)32-28(35)27(6-2)39-30-33-24-18-26(38-4)25(37-3)17-23(24)29(36)34(30)16-15-20-7-11-21(31)12-8-20/h7-14,17-18,27H,5-6,15-16H2,1-4H3,(H,32,35). The maximum Gasteiger partial charge on any atom is 0.262 e. The first-order valence-electron chi connectivity index (χ1n) is 12.8. The van der Waals surface area contributed by atoms with E-state index in [9.17, 15) is 14.0 Å². The molecule has 0 saturated heterocycles. The lowest BCUT2D eigenvalue weighted by atomic mass is 10.1. The summed E-state index contributed by atoms with van der Waals surface area (Å²) in [6.07, 6.45) is 1.93. The number of hydrogen-bond donors (Lipinski definition) is 1. The van der Waals surface area contributed by atoms with Gasteiger partial charge in [-0.3, -0.25) is 14.2 Å². The van der Waals surface area contributed by atoms with Crippen LogP contribution in [0.3, 0.4) is 0 Å². The van der Waals surface area contributed by atoms with Gasteiger partial charge in [0.05, 0.1) is 30.4 Å². The van der Waals surface area contributed by atoms with Crippen LogP contribution in [0.2, 0.25) is 0 Å². The fourth-order valence-electron chi connectivity index (χ4n) is 4.20. The molecule has 0 radical (unpaired) electrons. The largest absolute Gasteiger partial charge is 0.493 e. The van der Waals surface area contributed by atoms with Crippen molar-refractivity contribution in [2.45, 2.75) is 50.1 Å². The van der Waals surface area contributed by atoms with Crippen molar-refractivity contribution in [1.29, 1.82) is 0 Å². The van der Waals surface area contributed by atoms with Gasteiger partial charge in [-0.05, 0) is 60.7 Å². The second-order valence-electron chi connectivity index (χ2n) is 9.01. The van der Waals surface area contributed by atoms with Crippen LogP contribution in [0.15, 0.2) is 70.6 Å². The van der Waals surface area contributed by atoms with E-state index in [2.05, 4.69) is 12.2 Å². The summed E-state index contributed by atoms with van der Waals surface area (Å²) in [4.78, 5) is 31.8. The number of methoxy groups -OCH3 is 2. The quantitative estimate of drug-likeness (QED) is 0.186. The molecule has 7 nitrogen and oxygen atoms in total. The highest BCUT2D eigenvalue weighted by Crippen LogP contribution is 2.32. The Morgan fingerprint density at radius 1 is 1.00 bits per heavy atom. The van der Waals surface area contributed by atoms with E-state index in [0.29, 0.717) is 52.6 Å². The van der Waals surface area contributed by atoms with E-state index in [1.165, 1.54) is 43.7 Å². The van der Waals surface area contributed by atoms with E-state index in [1.54, 1.807) is 28.8 Å². The molecule has 0 saturated carbocycles. The van der Waals surface area contributed by atoms with Crippen LogP contribution in [0.1, 0.15) is 31.4 Å². The van der Waals surface area contributed by atoms with Gasteiger partial charge in [0.15, 0.2) is 16.7 Å². The van der Waals surface area contributed by atoms with E-state index in [-0.39, 0.29) is 17.3 Å². The molecule has 3 aromatic carbocycles. The third-order valence-corrected chi connectivity index (χ3v) is 7.86. The summed E-state index contributed by atoms with van der Waals surface area (Å²) < 4.78 is 25.8. The molecule has 1 amide bonds. The van der Waals surface area contributed by atoms with Crippen LogP contribution >= 0.6 is 11.8 Å². The Bertz CT molecular complexity index is 1500. The first kappa shape index (κ1) is 28.2. The monoisotopic (exact) mass is 549 g/mol. The normalized spacial score (nSPS) is 11.8. The minimum atomic E-state index is -0.489. The van der Waals surface area contributed by atoms with E-state index >= 15 is 0 Å². The number of thioether (sulfide) groups is 1. The summed E-state index contributed by atoms with van der Waals surface area (Å²) in [6, 6.07) is 17.2. The van der Waals surface area contributed by atoms with Gasteiger partial charge in [-0.2, -0.15) is 0 Å². The van der Waals surface area contributed by atoms with E-state index in [1.807, 2.05) is 31.2 Å². The predicted molar refractivity (Wildman–Crippen MR) is 154 cm³/mol. The number of hydrogen-bond acceptors (Lipinski definition) is 6. The molecular weight excluding hydrogens is 517 g/mol. The SMILES string of the molecule is CCc1ccc(NC(=O)C(CC)Sc2nc3cc(OC)c(OC)cc3c(=O)n2CCc2ccc(F)cc2)cc1. The molecule has 1 heterocycles. The number of aryl methyl sites for hydroxylation is 2. The number of nitrogens with zero attached hydrogens (tertiary/aromatic N) is 2. The summed E-state index contributed by atoms with van der Waals surface area (Å²) in [6.45, 7) is 4.31. The highest BCUT2D eigenvalue weighted by Gasteiger charge is 2.23. The molecule has 9 heteroatoms. The second-order valence-corrected chi connectivity index (χ2v) is 10.2. The average Bonchev–Trinajstić information content (AvgIpc) is 2.96. The predicted octanol–water partition coefficient (Wildman–Crippen LogP) is 5.87. The summed E-state index contributed by atoms with van der Waals surface area (Å²) in [5, 5.41) is 3.30. The van der Waals surface area contributed by atoms with Gasteiger partial charge in [0, 0.05) is 18.3 Å². The number of anilines is 1. The summed E-state index contributed by atoms with van der Waals surface area (Å²) in [7, 11) is 3.03. The molecule has 204 valence electrons. The van der Waals surface area contributed by atoms with E-state index in [0.717, 1.165) is 12.0 Å². The number of rotatable bonds is 11. The third-order valence-electron chi connectivity index (χ3n) is 6.50. The molecule has 1 atom stereocenters. The zero-order valence-corrected chi connectivity index (χ0v) is 23.3. The van der Waals surface area contributed by atoms with Crippen molar-refractivity contribution in [2.24, 2.45) is 0 Å². The van der Waals surface area contributed by atoms with Crippen LogP contribution in [0.5, 0.6) is 11.5 Å². The van der Waals surface area contributed by atoms with Gasteiger partial charge in [-0.15, -0.1) is 0 Å². The Kier molecular flexibility index (Phi) is 9.24. The smallest absolute Gasteiger partial charge is 0.262 e. The molecule has 4 aromatic rings. The van der Waals surface area contributed by atoms with Crippen LogP contribution < -0.4 is 20.3 Å². The maximum absolute atomic E-state index is 13.7. The molecule has 0 aliphatic carbocycles. The highest BCUT2D eigenvalue weighted by atomic mass is 32.2. The molecule has 1 N–H and O–H groups in total. The van der Waals surface area contributed by atoms with Crippen molar-refractivity contribution < 1.29 is 18.7 Å². The Morgan fingerprint density at radius 3 is 2.26 bits per heavy atom. The first-order valence-corrected chi connectivity index (χ1v) is 13.7. The van der Waals surface area contributed by atoms with Gasteiger partial charge in [0.2, 0.25) is 5.91 Å². The van der Waals surface area contributed by atoms with Gasteiger partial charge in [-0.25, -0.2) is 9.37 Å². The van der Waals surface area contributed by atoms with Crippen LogP contribution in [-0.4, -0.2) is 34.9 Å². The third kappa shape index (κ3) is 6.60. The Labute approximate surface area is 231 Å². The molecule has 39 heavy (non-hydrogen) atoms. The molecule has 0 bridgehead atoms. The second kappa shape index (κ2) is 12.8. The fraction of sp³-hybridized carbons (Fsp3) is 0.300. The summed E-state index contributed by atoms with van der Waals surface area (Å²) >= 11 is 1.25. The molecule has 0 spiro atoms. The molecule has 0 aliphatic heterocycles. The Morgan fingerprint density at radius 2 is 1.64 bits per heavy atom. The van der Waals surface area contributed by atoms with Gasteiger partial charge in [0.25, 0.3) is 5.56 Å². The van der Waals surface area contributed by atoms with Crippen LogP contribution in [0.4, 0.5) is 10.1 Å². The number of benzene rings is 3. The molecular formula is C30H32FN3O4S. The summed E-state index contributed by atoms with van der Waals surface area (Å²) in [5.74, 6) is 0.395. The zero-order chi connectivity index (χ0) is 27.9. The number of ether oxygens (including phenoxy) is 2. The van der Waals surface area contributed by atoms with Crippen molar-refractivity contribution >= 4 is 34.3 Å². The number of fused-ring (bicyclic) bond motifs is 1. The Balaban J connectivity index is 1.70. The van der Waals surface area contributed by atoms with Crippen LogP contribution in [-0.2, 0) is 24.2 Å². The number of halogens is 1. The molecule has 0 fully saturated rings. The minimum absolute atomic E-state index is 0.168. The van der Waals surface area contributed by atoms with Crippen LogP contribution in [0, 0.1) is 5.82 Å². The van der Waals surface area contributed by atoms with Crippen molar-refractivity contribution in [3.8, 4) is 11.5 Å². The number of carbonyl (C=O) groups is 1. The van der Waals surface area contributed by atoms with Gasteiger partial charge >= 0.3 is 0 Å². The fourth-order valence-corrected chi connectivity index (χ4v) is 5.24. The van der Waals surface area contributed by atoms with E-state index < -0.39 is 5.25 Å². The summed E-state index contributed by atoms with van der Waals surface area (Å²) in [5.41, 5.74) is 2.98. The number of nitrogens with one attached hydrogen (secondary N) is 1. The van der Waals surface area contributed by atoms with Crippen molar-refractivity contribution in [2.75, 3.05) is 19.5 Å². The maximum atomic E-state index is 13.7. The number of aromatic nitrogens is 2. The highest BCUT2D eigenvalue weighted by molar-refractivity contribution is 8.00. The van der Waals surface area contributed by atoms with Gasteiger partial charge in [0.1, 0.15) is 5.82 Å². The zero-order valence-electron chi connectivity index (χ0n) is 22.5. The molecule has 1 unspecified atom stereocenters. The van der Waals surface area contributed by atoms with Crippen molar-refractivity contribution in [1.82, 2.24) is 9.55 Å². The Hall–Kier alpha value is -3.85. The van der Waals surface area contributed by atoms with E-state index in [4.69, 9.17) is 14.5 Å². The lowest BCUT2D eigenvalue weighted by Crippen LogP contribution is -2.28. The van der Waals surface area contributed by atoms with Crippen molar-refractivity contribution in [3.63, 3.8) is 0 Å². The molecule has 4 rings (SSSR count). The lowest BCUT2D eigenvalue weighted by Gasteiger charge is -2.19. The van der Waals surface area contributed by atoms with Gasteiger partial charge < -0.3 is 14.8 Å². The van der Waals surface area contributed by atoms with Crippen molar-refractivity contribution in [3.05, 3.63) is 88.0 Å². The number of amides is 1. The topological polar surface area (TPSA) is 82.5 Å². The molecule has 0 aliphatic rings. The van der Waals surface area contributed by atoms with Crippen LogP contribution in [0.25, 0.3) is 10.9 Å². The van der Waals surface area contributed by atoms with Gasteiger partial charge in [-0.1, -0.05) is 49.9 Å². The first-order chi connectivity index (χ1) is 18.9. The minimum Gasteiger partial charge on any atom is -0.493 e. The molecule has 1 aromatic heterocycles. The average molecular weight is 550 g/mol. The lowest BCUT2D eigenvalue weighted by molar-refractivity contribution is -0.115. The number of carbonyl (C=O) groups excluding carboxylic acids is 1.